The molecule has 6 N–H and O–H groups in total. The summed E-state index contributed by atoms with van der Waals surface area (Å²) in [6, 6.07) is 0. The van der Waals surface area contributed by atoms with Crippen molar-refractivity contribution in [3.63, 3.8) is 0 Å². The Labute approximate surface area is 116 Å². The second kappa shape index (κ2) is 5.75. The maximum absolute atomic E-state index is 11.1. The molecule has 1 unspecified atom stereocenters. The molecular formula is C11H18N4O5. The fourth-order valence-electron chi connectivity index (χ4n) is 2.20. The highest BCUT2D eigenvalue weighted by Crippen LogP contribution is 2.33. The van der Waals surface area contributed by atoms with Gasteiger partial charge in [-0.25, -0.2) is 4.98 Å². The molecular weight excluding hydrogens is 268 g/mol. The lowest BCUT2D eigenvalue weighted by Gasteiger charge is -2.19. The molecule has 0 bridgehead atoms. The highest BCUT2D eigenvalue weighted by molar-refractivity contribution is 5.95. The molecule has 0 aliphatic carbocycles. The van der Waals surface area contributed by atoms with E-state index in [4.69, 9.17) is 22.3 Å². The van der Waals surface area contributed by atoms with E-state index >= 15 is 0 Å². The summed E-state index contributed by atoms with van der Waals surface area (Å²) in [4.78, 5) is 14.9. The highest BCUT2D eigenvalue weighted by atomic mass is 16.6. The summed E-state index contributed by atoms with van der Waals surface area (Å²) in [6.07, 6.45) is -2.44. The molecule has 2 rings (SSSR count). The van der Waals surface area contributed by atoms with Crippen molar-refractivity contribution in [1.29, 1.82) is 0 Å². The van der Waals surface area contributed by atoms with Crippen LogP contribution in [0.25, 0.3) is 0 Å². The van der Waals surface area contributed by atoms with Crippen molar-refractivity contribution in [1.82, 2.24) is 9.55 Å². The van der Waals surface area contributed by atoms with Crippen LogP contribution >= 0.6 is 0 Å². The first-order chi connectivity index (χ1) is 10.0. The summed E-state index contributed by atoms with van der Waals surface area (Å²) >= 11 is 0. The van der Waals surface area contributed by atoms with Gasteiger partial charge < -0.3 is 31.2 Å². The first kappa shape index (κ1) is 13.3. The molecule has 0 radical (unpaired) electrons. The van der Waals surface area contributed by atoms with E-state index < -0.39 is 30.4 Å². The number of carbonyl (C=O) groups is 1. The highest BCUT2D eigenvalue weighted by Gasteiger charge is 2.45. The number of hydrogen-bond donors (Lipinski definition) is 4. The topological polar surface area (TPSA) is 146 Å². The van der Waals surface area contributed by atoms with E-state index in [1.807, 2.05) is 0 Å². The van der Waals surface area contributed by atoms with Gasteiger partial charge in [0.15, 0.2) is 11.9 Å². The van der Waals surface area contributed by atoms with Crippen molar-refractivity contribution in [3.8, 4) is 0 Å². The van der Waals surface area contributed by atoms with Gasteiger partial charge in [-0.1, -0.05) is 0 Å². The van der Waals surface area contributed by atoms with Crippen LogP contribution in [0.3, 0.4) is 0 Å². The number of nitrogens with two attached hydrogens (primary N) is 2. The average molecular weight is 287 g/mol. The Balaban J connectivity index is 2.22. The summed E-state index contributed by atoms with van der Waals surface area (Å²) in [6.45, 7) is -0.251. The Morgan fingerprint density at radius 3 is 3.05 bits per heavy atom. The molecule has 1 fully saturated rings. The smallest absolute Gasteiger partial charge is 0.271 e. The summed E-state index contributed by atoms with van der Waals surface area (Å²) in [5, 5.41) is 19.5. The van der Waals surface area contributed by atoms with Gasteiger partial charge in [0.25, 0.3) is 5.91 Å². The number of nitrogens with zero attached hydrogens (tertiary/aromatic N) is 2. The SMILES string of the molecule is [2H]CCO[C@@H]1[C@@H](CO)OC(n2cnc(C(N)=O)c2N)[C@@H]1O. The maximum atomic E-state index is 11.1. The van der Waals surface area contributed by atoms with Crippen LogP contribution in [0.4, 0.5) is 5.82 Å². The van der Waals surface area contributed by atoms with E-state index in [1.165, 1.54) is 10.9 Å². The monoisotopic (exact) mass is 287 g/mol. The van der Waals surface area contributed by atoms with Gasteiger partial charge in [-0.3, -0.25) is 9.36 Å². The van der Waals surface area contributed by atoms with Gasteiger partial charge >= 0.3 is 0 Å². The minimum Gasteiger partial charge on any atom is -0.394 e. The van der Waals surface area contributed by atoms with Crippen LogP contribution in [0.5, 0.6) is 0 Å². The second-order valence-corrected chi connectivity index (χ2v) is 4.32. The number of imidazole rings is 1. The van der Waals surface area contributed by atoms with Crippen molar-refractivity contribution < 1.29 is 25.9 Å². The van der Waals surface area contributed by atoms with Gasteiger partial charge in [-0.2, -0.15) is 0 Å². The zero-order chi connectivity index (χ0) is 15.6. The number of nitrogen functional groups attached to an aromatic ring is 1. The van der Waals surface area contributed by atoms with E-state index in [0.717, 1.165) is 0 Å². The first-order valence-electron chi connectivity index (χ1n) is 6.69. The van der Waals surface area contributed by atoms with E-state index in [1.54, 1.807) is 0 Å². The van der Waals surface area contributed by atoms with Gasteiger partial charge in [-0.05, 0) is 6.90 Å². The number of hydrogen-bond acceptors (Lipinski definition) is 7. The number of ether oxygens (including phenoxy) is 2. The predicted octanol–water partition coefficient (Wildman–Crippen LogP) is -1.78. The molecule has 9 nitrogen and oxygen atoms in total. The molecule has 1 saturated heterocycles. The lowest BCUT2D eigenvalue weighted by Crippen LogP contribution is -2.36. The Hall–Kier alpha value is -1.68. The normalized spacial score (nSPS) is 30.4. The molecule has 0 aromatic carbocycles. The summed E-state index contributed by atoms with van der Waals surface area (Å²) in [5.74, 6) is -0.830. The zero-order valence-electron chi connectivity index (χ0n) is 11.7. The number of carbonyl (C=O) groups excluding carboxylic acids is 1. The molecule has 2 heterocycles. The van der Waals surface area contributed by atoms with Crippen LogP contribution in [0.15, 0.2) is 6.33 Å². The molecule has 1 amide bonds. The molecule has 1 aromatic rings. The quantitative estimate of drug-likeness (QED) is 0.500. The van der Waals surface area contributed by atoms with Crippen molar-refractivity contribution in [2.75, 3.05) is 18.9 Å². The molecule has 4 atom stereocenters. The molecule has 1 aliphatic heterocycles. The molecule has 1 aliphatic rings. The molecule has 20 heavy (non-hydrogen) atoms. The standard InChI is InChI=1S/C11H18N4O5/c1-2-19-8-5(3-16)20-11(7(8)17)15-4-14-6(9(15)12)10(13)18/h4-5,7-8,11,16-17H,2-3,12H2,1H3,(H2,13,18)/t5-,7-,8-,11?/m1/s1/i1D. The number of primary amides is 1. The number of amides is 1. The van der Waals surface area contributed by atoms with E-state index in [9.17, 15) is 15.0 Å². The Kier molecular flexibility index (Phi) is 3.83. The van der Waals surface area contributed by atoms with Gasteiger partial charge in [0.05, 0.1) is 12.9 Å². The summed E-state index contributed by atoms with van der Waals surface area (Å²) in [7, 11) is 0. The Morgan fingerprint density at radius 2 is 2.50 bits per heavy atom. The summed E-state index contributed by atoms with van der Waals surface area (Å²) in [5.41, 5.74) is 10.8. The van der Waals surface area contributed by atoms with Crippen LogP contribution < -0.4 is 11.5 Å². The van der Waals surface area contributed by atoms with Gasteiger partial charge in [0, 0.05) is 7.98 Å². The molecule has 9 heteroatoms. The lowest BCUT2D eigenvalue weighted by molar-refractivity contribution is -0.0588. The maximum Gasteiger partial charge on any atom is 0.271 e. The second-order valence-electron chi connectivity index (χ2n) is 4.32. The molecule has 112 valence electrons. The van der Waals surface area contributed by atoms with Crippen molar-refractivity contribution in [3.05, 3.63) is 12.0 Å². The van der Waals surface area contributed by atoms with E-state index in [-0.39, 0.29) is 31.6 Å². The first-order valence-corrected chi connectivity index (χ1v) is 5.98. The van der Waals surface area contributed by atoms with Crippen LogP contribution in [0.2, 0.25) is 0 Å². The van der Waals surface area contributed by atoms with Crippen LogP contribution in [0.1, 0.15) is 25.0 Å². The van der Waals surface area contributed by atoms with Crippen LogP contribution in [-0.2, 0) is 9.47 Å². The van der Waals surface area contributed by atoms with E-state index in [0.29, 0.717) is 0 Å². The zero-order valence-corrected chi connectivity index (χ0v) is 10.7. The fraction of sp³-hybridized carbons (Fsp3) is 0.636. The number of aliphatic hydroxyl groups excluding tert-OH is 2. The van der Waals surface area contributed by atoms with Gasteiger partial charge in [-0.15, -0.1) is 0 Å². The van der Waals surface area contributed by atoms with Crippen LogP contribution in [-0.4, -0.2) is 57.2 Å². The van der Waals surface area contributed by atoms with Crippen molar-refractivity contribution in [2.45, 2.75) is 31.4 Å². The number of aliphatic hydroxyl groups is 2. The van der Waals surface area contributed by atoms with Gasteiger partial charge in [0.1, 0.15) is 24.1 Å². The van der Waals surface area contributed by atoms with Crippen LogP contribution in [0, 0.1) is 0 Å². The molecule has 0 saturated carbocycles. The fourth-order valence-corrected chi connectivity index (χ4v) is 2.20. The Morgan fingerprint density at radius 1 is 1.75 bits per heavy atom. The predicted molar refractivity (Wildman–Crippen MR) is 67.6 cm³/mol. The lowest BCUT2D eigenvalue weighted by atomic mass is 10.1. The number of anilines is 1. The van der Waals surface area contributed by atoms with Gasteiger partial charge in [0.2, 0.25) is 0 Å². The summed E-state index contributed by atoms with van der Waals surface area (Å²) < 4.78 is 19.1. The van der Waals surface area contributed by atoms with E-state index in [2.05, 4.69) is 4.98 Å². The third-order valence-corrected chi connectivity index (χ3v) is 3.14. The average Bonchev–Trinajstić information content (AvgIpc) is 2.97. The Bertz CT molecular complexity index is 511. The minimum absolute atomic E-state index is 0.0189. The molecule has 1 aromatic heterocycles. The van der Waals surface area contributed by atoms with Crippen molar-refractivity contribution >= 4 is 11.7 Å². The number of aromatic nitrogens is 2. The van der Waals surface area contributed by atoms with Crippen molar-refractivity contribution in [2.24, 2.45) is 5.73 Å². The largest absolute Gasteiger partial charge is 0.394 e. The number of rotatable bonds is 5. The molecule has 0 spiro atoms. The third-order valence-electron chi connectivity index (χ3n) is 3.14. The third kappa shape index (κ3) is 2.36. The minimum atomic E-state index is -1.13.